The Labute approximate surface area is 161 Å². The molecule has 6 nitrogen and oxygen atoms in total. The molecule has 0 fully saturated rings. The third-order valence-corrected chi connectivity index (χ3v) is 4.82. The fourth-order valence-corrected chi connectivity index (χ4v) is 3.40. The molecule has 0 radical (unpaired) electrons. The number of fused-ring (bicyclic) bond motifs is 1. The zero-order valence-electron chi connectivity index (χ0n) is 14.7. The molecule has 7 heteroatoms. The lowest BCUT2D eigenvalue weighted by Crippen LogP contribution is -2.37. The van der Waals surface area contributed by atoms with Gasteiger partial charge in [0.15, 0.2) is 0 Å². The maximum Gasteiger partial charge on any atom is 0.254 e. The van der Waals surface area contributed by atoms with Crippen molar-refractivity contribution in [1.29, 1.82) is 0 Å². The average Bonchev–Trinajstić information content (AvgIpc) is 2.70. The van der Waals surface area contributed by atoms with Gasteiger partial charge in [-0.2, -0.15) is 0 Å². The third kappa shape index (κ3) is 3.48. The molecule has 27 heavy (non-hydrogen) atoms. The number of carbonyl (C=O) groups excluding carboxylic acids is 1. The predicted octanol–water partition coefficient (Wildman–Crippen LogP) is 3.40. The molecule has 0 unspecified atom stereocenters. The highest BCUT2D eigenvalue weighted by atomic mass is 35.5. The van der Waals surface area contributed by atoms with Gasteiger partial charge in [0.25, 0.3) is 5.91 Å². The Kier molecular flexibility index (Phi) is 4.73. The van der Waals surface area contributed by atoms with Crippen LogP contribution in [0.4, 0.5) is 0 Å². The quantitative estimate of drug-likeness (QED) is 0.649. The fraction of sp³-hybridized carbons (Fsp3) is 0.200. The molecule has 0 saturated carbocycles. The van der Waals surface area contributed by atoms with Crippen molar-refractivity contribution in [3.63, 3.8) is 0 Å². The number of hydrogen-bond donors (Lipinski definition) is 0. The maximum atomic E-state index is 13.0. The summed E-state index contributed by atoms with van der Waals surface area (Å²) in [6.45, 7) is 1.18. The Balaban J connectivity index is 1.62. The summed E-state index contributed by atoms with van der Waals surface area (Å²) >= 11 is 5.98. The Morgan fingerprint density at radius 2 is 1.96 bits per heavy atom. The lowest BCUT2D eigenvalue weighted by Gasteiger charge is -2.29. The van der Waals surface area contributed by atoms with Crippen molar-refractivity contribution in [1.82, 2.24) is 19.9 Å². The molecule has 0 saturated heterocycles. The average molecular weight is 381 g/mol. The molecule has 0 atom stereocenters. The van der Waals surface area contributed by atoms with Crippen LogP contribution >= 0.6 is 11.6 Å². The molecule has 3 heterocycles. The summed E-state index contributed by atoms with van der Waals surface area (Å²) in [6.07, 6.45) is 3.75. The van der Waals surface area contributed by atoms with Gasteiger partial charge in [-0.25, -0.2) is 9.97 Å². The topological polar surface area (TPSA) is 68.2 Å². The molecule has 0 spiro atoms. The van der Waals surface area contributed by atoms with E-state index in [0.717, 1.165) is 16.9 Å². The second-order valence-corrected chi connectivity index (χ2v) is 6.62. The molecule has 1 aliphatic rings. The van der Waals surface area contributed by atoms with E-state index >= 15 is 0 Å². The number of methoxy groups -OCH3 is 1. The molecule has 1 aliphatic heterocycles. The van der Waals surface area contributed by atoms with Gasteiger partial charge in [0.2, 0.25) is 0 Å². The molecule has 1 aromatic carbocycles. The number of carbonyl (C=O) groups is 1. The number of halogens is 1. The van der Waals surface area contributed by atoms with Crippen LogP contribution in [0.5, 0.6) is 5.75 Å². The Bertz CT molecular complexity index is 992. The maximum absolute atomic E-state index is 13.0. The van der Waals surface area contributed by atoms with E-state index in [9.17, 15) is 4.79 Å². The molecule has 4 rings (SSSR count). The van der Waals surface area contributed by atoms with Crippen LogP contribution in [0.15, 0.2) is 48.9 Å². The SMILES string of the molecule is COc1ccc(CN2CCc3c(ccnc3-c3cc(Cl)ncn3)C2=O)cc1. The highest BCUT2D eigenvalue weighted by Crippen LogP contribution is 2.28. The molecule has 0 bridgehead atoms. The standard InChI is InChI=1S/C20H17ClN4O2/c1-27-14-4-2-13(3-5-14)11-25-9-7-15-16(20(25)26)6-8-22-19(15)17-10-18(21)24-12-23-17/h2-6,8,10,12H,7,9,11H2,1H3. The van der Waals surface area contributed by atoms with Crippen molar-refractivity contribution in [2.24, 2.45) is 0 Å². The molecule has 3 aromatic rings. The van der Waals surface area contributed by atoms with Gasteiger partial charge in [-0.15, -0.1) is 0 Å². The van der Waals surface area contributed by atoms with E-state index in [0.29, 0.717) is 41.6 Å². The lowest BCUT2D eigenvalue weighted by molar-refractivity contribution is 0.0727. The number of hydrogen-bond acceptors (Lipinski definition) is 5. The first-order chi connectivity index (χ1) is 13.2. The van der Waals surface area contributed by atoms with Crippen LogP contribution in [-0.2, 0) is 13.0 Å². The molecular formula is C20H17ClN4O2. The summed E-state index contributed by atoms with van der Waals surface area (Å²) in [4.78, 5) is 27.4. The third-order valence-electron chi connectivity index (χ3n) is 4.61. The van der Waals surface area contributed by atoms with Gasteiger partial charge < -0.3 is 9.64 Å². The summed E-state index contributed by atoms with van der Waals surface area (Å²) in [6, 6.07) is 11.2. The van der Waals surface area contributed by atoms with E-state index in [4.69, 9.17) is 16.3 Å². The molecule has 0 N–H and O–H groups in total. The van der Waals surface area contributed by atoms with Crippen molar-refractivity contribution in [3.05, 3.63) is 70.8 Å². The van der Waals surface area contributed by atoms with Crippen LogP contribution in [0.25, 0.3) is 11.4 Å². The van der Waals surface area contributed by atoms with Crippen LogP contribution in [0, 0.1) is 0 Å². The van der Waals surface area contributed by atoms with E-state index in [1.54, 1.807) is 25.4 Å². The van der Waals surface area contributed by atoms with Gasteiger partial charge in [-0.3, -0.25) is 9.78 Å². The largest absolute Gasteiger partial charge is 0.497 e. The minimum absolute atomic E-state index is 0.00382. The van der Waals surface area contributed by atoms with Crippen molar-refractivity contribution in [3.8, 4) is 17.1 Å². The Hall–Kier alpha value is -2.99. The first-order valence-corrected chi connectivity index (χ1v) is 8.91. The van der Waals surface area contributed by atoms with Gasteiger partial charge in [-0.1, -0.05) is 23.7 Å². The lowest BCUT2D eigenvalue weighted by atomic mass is 9.96. The van der Waals surface area contributed by atoms with Crippen molar-refractivity contribution in [2.75, 3.05) is 13.7 Å². The summed E-state index contributed by atoms with van der Waals surface area (Å²) in [5.74, 6) is 0.796. The highest BCUT2D eigenvalue weighted by Gasteiger charge is 2.27. The summed E-state index contributed by atoms with van der Waals surface area (Å²) in [7, 11) is 1.64. The van der Waals surface area contributed by atoms with Gasteiger partial charge in [-0.05, 0) is 35.7 Å². The fourth-order valence-electron chi connectivity index (χ4n) is 3.25. The molecule has 2 aromatic heterocycles. The second kappa shape index (κ2) is 7.32. The molecule has 0 aliphatic carbocycles. The number of pyridine rings is 1. The minimum atomic E-state index is -0.00382. The summed E-state index contributed by atoms with van der Waals surface area (Å²) in [5, 5.41) is 0.350. The summed E-state index contributed by atoms with van der Waals surface area (Å²) in [5.41, 5.74) is 3.94. The number of rotatable bonds is 4. The van der Waals surface area contributed by atoms with E-state index in [2.05, 4.69) is 15.0 Å². The second-order valence-electron chi connectivity index (χ2n) is 6.24. The van der Waals surface area contributed by atoms with Crippen LogP contribution in [-0.4, -0.2) is 39.4 Å². The van der Waals surface area contributed by atoms with Crippen LogP contribution < -0.4 is 4.74 Å². The molecule has 1 amide bonds. The normalized spacial score (nSPS) is 13.4. The monoisotopic (exact) mass is 380 g/mol. The van der Waals surface area contributed by atoms with Gasteiger partial charge in [0.1, 0.15) is 17.2 Å². The number of ether oxygens (including phenoxy) is 1. The zero-order valence-corrected chi connectivity index (χ0v) is 15.5. The number of amides is 1. The van der Waals surface area contributed by atoms with E-state index in [-0.39, 0.29) is 5.91 Å². The highest BCUT2D eigenvalue weighted by molar-refractivity contribution is 6.29. The Morgan fingerprint density at radius 1 is 1.15 bits per heavy atom. The molecular weight excluding hydrogens is 364 g/mol. The predicted molar refractivity (Wildman–Crippen MR) is 102 cm³/mol. The van der Waals surface area contributed by atoms with Crippen molar-refractivity contribution in [2.45, 2.75) is 13.0 Å². The van der Waals surface area contributed by atoms with Crippen LogP contribution in [0.1, 0.15) is 21.5 Å². The number of benzene rings is 1. The number of aromatic nitrogens is 3. The molecule has 136 valence electrons. The van der Waals surface area contributed by atoms with Gasteiger partial charge >= 0.3 is 0 Å². The van der Waals surface area contributed by atoms with E-state index in [1.807, 2.05) is 29.2 Å². The van der Waals surface area contributed by atoms with Gasteiger partial charge in [0, 0.05) is 30.9 Å². The van der Waals surface area contributed by atoms with E-state index in [1.165, 1.54) is 6.33 Å². The Morgan fingerprint density at radius 3 is 2.70 bits per heavy atom. The van der Waals surface area contributed by atoms with Crippen LogP contribution in [0.3, 0.4) is 0 Å². The minimum Gasteiger partial charge on any atom is -0.497 e. The first-order valence-electron chi connectivity index (χ1n) is 8.53. The number of nitrogens with zero attached hydrogens (tertiary/aromatic N) is 4. The van der Waals surface area contributed by atoms with Crippen molar-refractivity contribution >= 4 is 17.5 Å². The van der Waals surface area contributed by atoms with Crippen molar-refractivity contribution < 1.29 is 9.53 Å². The van der Waals surface area contributed by atoms with Crippen LogP contribution in [0.2, 0.25) is 5.15 Å². The smallest absolute Gasteiger partial charge is 0.254 e. The first kappa shape index (κ1) is 17.4. The summed E-state index contributed by atoms with van der Waals surface area (Å²) < 4.78 is 5.18. The van der Waals surface area contributed by atoms with E-state index < -0.39 is 0 Å². The van der Waals surface area contributed by atoms with Gasteiger partial charge in [0.05, 0.1) is 18.5 Å². The zero-order chi connectivity index (χ0) is 18.8.